The molecule has 106 valence electrons. The normalized spacial score (nSPS) is 11.2. The molecule has 0 bridgehead atoms. The van der Waals surface area contributed by atoms with Crippen molar-refractivity contribution in [3.8, 4) is 0 Å². The van der Waals surface area contributed by atoms with Gasteiger partial charge < -0.3 is 4.90 Å². The predicted octanol–water partition coefficient (Wildman–Crippen LogP) is 3.87. The van der Waals surface area contributed by atoms with E-state index in [4.69, 9.17) is 0 Å². The molecule has 0 aliphatic carbocycles. The van der Waals surface area contributed by atoms with Crippen LogP contribution in [-0.2, 0) is 0 Å². The van der Waals surface area contributed by atoms with E-state index < -0.39 is 5.82 Å². The molecule has 0 aromatic heterocycles. The van der Waals surface area contributed by atoms with Crippen molar-refractivity contribution in [3.05, 3.63) is 29.6 Å². The Hall–Kier alpha value is -1.03. The molecule has 2 nitrogen and oxygen atoms in total. The van der Waals surface area contributed by atoms with Gasteiger partial charge in [-0.1, -0.05) is 27.7 Å². The van der Waals surface area contributed by atoms with Gasteiger partial charge in [-0.05, 0) is 30.0 Å². The number of hydrogen-bond acceptors (Lipinski definition) is 2. The average molecular weight is 283 g/mol. The Morgan fingerprint density at radius 3 is 2.16 bits per heavy atom. The molecule has 0 saturated heterocycles. The molecule has 0 aliphatic heterocycles. The van der Waals surface area contributed by atoms with Gasteiger partial charge >= 0.3 is 0 Å². The Kier molecular flexibility index (Phi) is 5.85. The molecule has 0 spiro atoms. The minimum atomic E-state index is -0.404. The smallest absolute Gasteiger partial charge is 0.253 e. The molecule has 0 aliphatic rings. The second-order valence-corrected chi connectivity index (χ2v) is 6.15. The van der Waals surface area contributed by atoms with Crippen LogP contribution < -0.4 is 0 Å². The number of nitrogens with zero attached hydrogens (tertiary/aromatic N) is 1. The molecule has 1 aromatic carbocycles. The van der Waals surface area contributed by atoms with E-state index in [1.165, 1.54) is 18.2 Å². The van der Waals surface area contributed by atoms with E-state index in [9.17, 15) is 9.18 Å². The quantitative estimate of drug-likeness (QED) is 0.813. The number of hydrogen-bond donors (Lipinski definition) is 1. The number of rotatable bonds is 5. The average Bonchev–Trinajstić information content (AvgIpc) is 2.29. The van der Waals surface area contributed by atoms with Gasteiger partial charge in [-0.25, -0.2) is 4.39 Å². The molecular weight excluding hydrogens is 261 g/mol. The molecule has 0 saturated carbocycles. The number of benzene rings is 1. The van der Waals surface area contributed by atoms with Crippen molar-refractivity contribution in [1.29, 1.82) is 0 Å². The Balaban J connectivity index is 2.94. The van der Waals surface area contributed by atoms with Crippen molar-refractivity contribution in [2.45, 2.75) is 32.6 Å². The van der Waals surface area contributed by atoms with Gasteiger partial charge in [0, 0.05) is 23.5 Å². The van der Waals surface area contributed by atoms with E-state index in [2.05, 4.69) is 40.3 Å². The maximum absolute atomic E-state index is 13.2. The highest BCUT2D eigenvalue weighted by molar-refractivity contribution is 7.80. The third-order valence-electron chi connectivity index (χ3n) is 2.65. The summed E-state index contributed by atoms with van der Waals surface area (Å²) in [6.45, 7) is 9.72. The molecular formula is C15H22FNOS. The summed E-state index contributed by atoms with van der Waals surface area (Å²) < 4.78 is 13.2. The summed E-state index contributed by atoms with van der Waals surface area (Å²) in [5.74, 6) is 0.342. The van der Waals surface area contributed by atoms with E-state index in [0.717, 1.165) is 0 Å². The van der Waals surface area contributed by atoms with Crippen LogP contribution >= 0.6 is 12.6 Å². The standard InChI is InChI=1S/C15H22FNOS/c1-10(2)8-17(9-11(3)4)15(18)12-5-6-13(16)14(19)7-12/h5-7,10-11,19H,8-9H2,1-4H3. The van der Waals surface area contributed by atoms with Gasteiger partial charge in [-0.15, -0.1) is 12.6 Å². The highest BCUT2D eigenvalue weighted by Crippen LogP contribution is 2.17. The van der Waals surface area contributed by atoms with Crippen LogP contribution in [0.25, 0.3) is 0 Å². The maximum Gasteiger partial charge on any atom is 0.253 e. The fourth-order valence-electron chi connectivity index (χ4n) is 1.95. The molecule has 0 fully saturated rings. The minimum absolute atomic E-state index is 0.0577. The summed E-state index contributed by atoms with van der Waals surface area (Å²) >= 11 is 4.02. The zero-order valence-corrected chi connectivity index (χ0v) is 12.9. The van der Waals surface area contributed by atoms with Crippen LogP contribution in [0.15, 0.2) is 23.1 Å². The molecule has 4 heteroatoms. The van der Waals surface area contributed by atoms with Crippen LogP contribution in [0.5, 0.6) is 0 Å². The highest BCUT2D eigenvalue weighted by atomic mass is 32.1. The molecule has 0 atom stereocenters. The Bertz CT molecular complexity index is 436. The van der Waals surface area contributed by atoms with Crippen molar-refractivity contribution in [1.82, 2.24) is 4.90 Å². The molecule has 1 amide bonds. The number of carbonyl (C=O) groups excluding carboxylic acids is 1. The SMILES string of the molecule is CC(C)CN(CC(C)C)C(=O)c1ccc(F)c(S)c1. The fourth-order valence-corrected chi connectivity index (χ4v) is 2.16. The first kappa shape index (κ1) is 16.0. The molecule has 19 heavy (non-hydrogen) atoms. The molecule has 0 unspecified atom stereocenters. The zero-order valence-electron chi connectivity index (χ0n) is 12.0. The van der Waals surface area contributed by atoms with Crippen LogP contribution in [-0.4, -0.2) is 23.9 Å². The van der Waals surface area contributed by atoms with E-state index in [1.807, 2.05) is 4.90 Å². The van der Waals surface area contributed by atoms with Crippen LogP contribution in [0.1, 0.15) is 38.1 Å². The lowest BCUT2D eigenvalue weighted by molar-refractivity contribution is 0.0715. The fraction of sp³-hybridized carbons (Fsp3) is 0.533. The molecule has 1 rings (SSSR count). The van der Waals surface area contributed by atoms with Crippen LogP contribution in [0.4, 0.5) is 4.39 Å². The van der Waals surface area contributed by atoms with Gasteiger partial charge in [-0.3, -0.25) is 4.79 Å². The van der Waals surface area contributed by atoms with Gasteiger partial charge in [0.2, 0.25) is 0 Å². The van der Waals surface area contributed by atoms with E-state index >= 15 is 0 Å². The minimum Gasteiger partial charge on any atom is -0.338 e. The lowest BCUT2D eigenvalue weighted by atomic mass is 10.1. The summed E-state index contributed by atoms with van der Waals surface area (Å²) in [6.07, 6.45) is 0. The number of halogens is 1. The topological polar surface area (TPSA) is 20.3 Å². The van der Waals surface area contributed by atoms with Crippen molar-refractivity contribution in [3.63, 3.8) is 0 Å². The summed E-state index contributed by atoms with van der Waals surface area (Å²) in [7, 11) is 0. The van der Waals surface area contributed by atoms with Crippen molar-refractivity contribution >= 4 is 18.5 Å². The second kappa shape index (κ2) is 6.94. The summed E-state index contributed by atoms with van der Waals surface area (Å²) in [6, 6.07) is 4.30. The third-order valence-corrected chi connectivity index (χ3v) is 2.99. The zero-order chi connectivity index (χ0) is 14.6. The first-order valence-electron chi connectivity index (χ1n) is 6.59. The molecule has 0 heterocycles. The van der Waals surface area contributed by atoms with Gasteiger partial charge in [0.25, 0.3) is 5.91 Å². The Morgan fingerprint density at radius 1 is 1.21 bits per heavy atom. The maximum atomic E-state index is 13.2. The number of amides is 1. The Labute approximate surface area is 120 Å². The highest BCUT2D eigenvalue weighted by Gasteiger charge is 2.18. The lowest BCUT2D eigenvalue weighted by Crippen LogP contribution is -2.37. The van der Waals surface area contributed by atoms with Crippen LogP contribution in [0.3, 0.4) is 0 Å². The van der Waals surface area contributed by atoms with Gasteiger partial charge in [-0.2, -0.15) is 0 Å². The van der Waals surface area contributed by atoms with Gasteiger partial charge in [0.1, 0.15) is 5.82 Å². The first-order valence-corrected chi connectivity index (χ1v) is 7.03. The number of carbonyl (C=O) groups is 1. The number of thiol groups is 1. The van der Waals surface area contributed by atoms with Crippen molar-refractivity contribution in [2.75, 3.05) is 13.1 Å². The third kappa shape index (κ3) is 4.86. The molecule has 1 aromatic rings. The van der Waals surface area contributed by atoms with E-state index in [0.29, 0.717) is 30.5 Å². The second-order valence-electron chi connectivity index (χ2n) is 5.66. The summed E-state index contributed by atoms with van der Waals surface area (Å²) in [5.41, 5.74) is 0.493. The largest absolute Gasteiger partial charge is 0.338 e. The monoisotopic (exact) mass is 283 g/mol. The van der Waals surface area contributed by atoms with Crippen molar-refractivity contribution in [2.24, 2.45) is 11.8 Å². The summed E-state index contributed by atoms with van der Waals surface area (Å²) in [5, 5.41) is 0. The predicted molar refractivity (Wildman–Crippen MR) is 79.2 cm³/mol. The first-order chi connectivity index (χ1) is 8.81. The van der Waals surface area contributed by atoms with Crippen molar-refractivity contribution < 1.29 is 9.18 Å². The van der Waals surface area contributed by atoms with Crippen LogP contribution in [0, 0.1) is 17.7 Å². The molecule has 0 radical (unpaired) electrons. The van der Waals surface area contributed by atoms with E-state index in [1.54, 1.807) is 0 Å². The van der Waals surface area contributed by atoms with E-state index in [-0.39, 0.29) is 10.8 Å². The summed E-state index contributed by atoms with van der Waals surface area (Å²) in [4.78, 5) is 14.5. The Morgan fingerprint density at radius 2 is 1.74 bits per heavy atom. The van der Waals surface area contributed by atoms with Gasteiger partial charge in [0.15, 0.2) is 0 Å². The van der Waals surface area contributed by atoms with Crippen LogP contribution in [0.2, 0.25) is 0 Å². The van der Waals surface area contributed by atoms with Gasteiger partial charge in [0.05, 0.1) is 0 Å². The molecule has 0 N–H and O–H groups in total. The lowest BCUT2D eigenvalue weighted by Gasteiger charge is -2.26.